The number of para-hydroxylation sites is 1. The molecule has 0 radical (unpaired) electrons. The van der Waals surface area contributed by atoms with Gasteiger partial charge in [0.2, 0.25) is 0 Å². The minimum atomic E-state index is -0.333. The Morgan fingerprint density at radius 1 is 0.833 bits per heavy atom. The lowest BCUT2D eigenvalue weighted by Crippen LogP contribution is -2.41. The molecule has 0 aromatic heterocycles. The first-order chi connectivity index (χ1) is 14.6. The third kappa shape index (κ3) is 3.55. The van der Waals surface area contributed by atoms with Crippen molar-refractivity contribution < 1.29 is 19.1 Å². The molecule has 150 valence electrons. The Bertz CT molecular complexity index is 1060. The van der Waals surface area contributed by atoms with Gasteiger partial charge in [0.05, 0.1) is 18.2 Å². The number of ether oxygens (including phenoxy) is 1. The molecule has 3 aromatic rings. The van der Waals surface area contributed by atoms with E-state index in [1.807, 2.05) is 30.3 Å². The van der Waals surface area contributed by atoms with Crippen molar-refractivity contribution >= 4 is 23.4 Å². The van der Waals surface area contributed by atoms with Gasteiger partial charge in [-0.3, -0.25) is 19.3 Å². The van der Waals surface area contributed by atoms with E-state index in [1.165, 1.54) is 4.90 Å². The van der Waals surface area contributed by atoms with Crippen LogP contribution in [-0.4, -0.2) is 42.8 Å². The summed E-state index contributed by atoms with van der Waals surface area (Å²) in [6.45, 7) is 0.281. The fraction of sp³-hybridized carbons (Fsp3) is 0.125. The monoisotopic (exact) mass is 400 g/mol. The number of amides is 3. The number of carbonyl (C=O) groups excluding carboxylic acids is 3. The summed E-state index contributed by atoms with van der Waals surface area (Å²) in [7, 11) is 1.56. The first-order valence-electron chi connectivity index (χ1n) is 9.56. The summed E-state index contributed by atoms with van der Waals surface area (Å²) in [5.41, 5.74) is 1.97. The second-order valence-corrected chi connectivity index (χ2v) is 6.83. The van der Waals surface area contributed by atoms with Gasteiger partial charge in [-0.2, -0.15) is 0 Å². The molecule has 1 heterocycles. The number of imide groups is 1. The number of methoxy groups -OCH3 is 1. The van der Waals surface area contributed by atoms with Crippen LogP contribution in [0.5, 0.6) is 5.75 Å². The van der Waals surface area contributed by atoms with Crippen molar-refractivity contribution in [2.75, 3.05) is 25.1 Å². The molecule has 0 unspecified atom stereocenters. The number of rotatable bonds is 6. The van der Waals surface area contributed by atoms with E-state index in [2.05, 4.69) is 0 Å². The summed E-state index contributed by atoms with van der Waals surface area (Å²) in [6, 6.07) is 22.8. The van der Waals surface area contributed by atoms with Crippen LogP contribution >= 0.6 is 0 Å². The maximum Gasteiger partial charge on any atom is 0.261 e. The molecule has 6 nitrogen and oxygen atoms in total. The summed E-state index contributed by atoms with van der Waals surface area (Å²) in [4.78, 5) is 41.3. The molecule has 0 fully saturated rings. The van der Waals surface area contributed by atoms with Gasteiger partial charge in [-0.15, -0.1) is 0 Å². The summed E-state index contributed by atoms with van der Waals surface area (Å²) in [5, 5.41) is 0. The molecule has 0 N–H and O–H groups in total. The normalized spacial score (nSPS) is 12.6. The zero-order valence-corrected chi connectivity index (χ0v) is 16.4. The number of anilines is 1. The second kappa shape index (κ2) is 8.21. The maximum atomic E-state index is 13.2. The van der Waals surface area contributed by atoms with Gasteiger partial charge in [-0.1, -0.05) is 30.3 Å². The Hall–Kier alpha value is -3.93. The molecular formula is C24H20N2O4. The standard InChI is InChI=1S/C24H20N2O4/c1-30-19-13-11-17(12-14-19)22(27)25(18-7-3-2-4-8-18)15-16-26-23(28)20-9-5-6-10-21(20)24(26)29/h2-14H,15-16H2,1H3. The minimum Gasteiger partial charge on any atom is -0.497 e. The molecule has 30 heavy (non-hydrogen) atoms. The third-order valence-corrected chi connectivity index (χ3v) is 5.08. The number of carbonyl (C=O) groups is 3. The zero-order valence-electron chi connectivity index (χ0n) is 16.4. The van der Waals surface area contributed by atoms with E-state index in [0.29, 0.717) is 28.1 Å². The number of hydrogen-bond donors (Lipinski definition) is 0. The van der Waals surface area contributed by atoms with Crippen LogP contribution < -0.4 is 9.64 Å². The molecule has 3 aromatic carbocycles. The van der Waals surface area contributed by atoms with Crippen molar-refractivity contribution in [1.82, 2.24) is 4.90 Å². The van der Waals surface area contributed by atoms with Crippen LogP contribution in [0.4, 0.5) is 5.69 Å². The SMILES string of the molecule is COc1ccc(C(=O)N(CCN2C(=O)c3ccccc3C2=O)c2ccccc2)cc1. The Kier molecular flexibility index (Phi) is 5.30. The van der Waals surface area contributed by atoms with E-state index in [-0.39, 0.29) is 30.8 Å². The van der Waals surface area contributed by atoms with Crippen molar-refractivity contribution in [3.8, 4) is 5.75 Å². The van der Waals surface area contributed by atoms with Crippen molar-refractivity contribution in [3.05, 3.63) is 95.6 Å². The molecule has 0 aliphatic carbocycles. The molecule has 0 spiro atoms. The molecule has 6 heteroatoms. The molecule has 0 saturated carbocycles. The average Bonchev–Trinajstić information content (AvgIpc) is 3.05. The number of fused-ring (bicyclic) bond motifs is 1. The van der Waals surface area contributed by atoms with Gasteiger partial charge in [0.15, 0.2) is 0 Å². The number of nitrogens with zero attached hydrogens (tertiary/aromatic N) is 2. The molecule has 0 bridgehead atoms. The molecular weight excluding hydrogens is 380 g/mol. The van der Waals surface area contributed by atoms with Crippen LogP contribution in [-0.2, 0) is 0 Å². The smallest absolute Gasteiger partial charge is 0.261 e. The molecule has 3 amide bonds. The van der Waals surface area contributed by atoms with Crippen LogP contribution in [0.3, 0.4) is 0 Å². The van der Waals surface area contributed by atoms with Gasteiger partial charge in [0.25, 0.3) is 17.7 Å². The fourth-order valence-corrected chi connectivity index (χ4v) is 3.49. The van der Waals surface area contributed by atoms with Crippen LogP contribution in [0.1, 0.15) is 31.1 Å². The van der Waals surface area contributed by atoms with Crippen LogP contribution in [0.25, 0.3) is 0 Å². The Balaban J connectivity index is 1.58. The van der Waals surface area contributed by atoms with E-state index in [9.17, 15) is 14.4 Å². The van der Waals surface area contributed by atoms with Crippen molar-refractivity contribution in [3.63, 3.8) is 0 Å². The second-order valence-electron chi connectivity index (χ2n) is 6.83. The van der Waals surface area contributed by atoms with Gasteiger partial charge >= 0.3 is 0 Å². The van der Waals surface area contributed by atoms with E-state index in [1.54, 1.807) is 60.5 Å². The summed E-state index contributed by atoms with van der Waals surface area (Å²) < 4.78 is 5.16. The van der Waals surface area contributed by atoms with E-state index >= 15 is 0 Å². The maximum absolute atomic E-state index is 13.2. The van der Waals surface area contributed by atoms with Gasteiger partial charge < -0.3 is 9.64 Å². The van der Waals surface area contributed by atoms with E-state index in [4.69, 9.17) is 4.74 Å². The number of hydrogen-bond acceptors (Lipinski definition) is 4. The molecule has 0 atom stereocenters. The first-order valence-corrected chi connectivity index (χ1v) is 9.56. The first kappa shape index (κ1) is 19.4. The average molecular weight is 400 g/mol. The fourth-order valence-electron chi connectivity index (χ4n) is 3.49. The Morgan fingerprint density at radius 3 is 1.97 bits per heavy atom. The minimum absolute atomic E-state index is 0.100. The van der Waals surface area contributed by atoms with Gasteiger partial charge in [0.1, 0.15) is 5.75 Å². The molecule has 0 saturated heterocycles. The highest BCUT2D eigenvalue weighted by molar-refractivity contribution is 6.21. The number of benzene rings is 3. The molecule has 1 aliphatic rings. The largest absolute Gasteiger partial charge is 0.497 e. The summed E-state index contributed by atoms with van der Waals surface area (Å²) in [6.07, 6.45) is 0. The Labute approximate surface area is 174 Å². The lowest BCUT2D eigenvalue weighted by Gasteiger charge is -2.25. The highest BCUT2D eigenvalue weighted by Gasteiger charge is 2.35. The lowest BCUT2D eigenvalue weighted by atomic mass is 10.1. The topological polar surface area (TPSA) is 66.9 Å². The highest BCUT2D eigenvalue weighted by atomic mass is 16.5. The predicted molar refractivity (Wildman–Crippen MR) is 113 cm³/mol. The predicted octanol–water partition coefficient (Wildman–Crippen LogP) is 3.64. The quantitative estimate of drug-likeness (QED) is 0.593. The lowest BCUT2D eigenvalue weighted by molar-refractivity contribution is 0.0654. The van der Waals surface area contributed by atoms with Gasteiger partial charge in [-0.05, 0) is 48.5 Å². The van der Waals surface area contributed by atoms with Crippen LogP contribution in [0.2, 0.25) is 0 Å². The summed E-state index contributed by atoms with van der Waals surface area (Å²) in [5.74, 6) is -0.231. The molecule has 1 aliphatic heterocycles. The van der Waals surface area contributed by atoms with Crippen LogP contribution in [0.15, 0.2) is 78.9 Å². The van der Waals surface area contributed by atoms with Crippen molar-refractivity contribution in [2.45, 2.75) is 0 Å². The highest BCUT2D eigenvalue weighted by Crippen LogP contribution is 2.24. The van der Waals surface area contributed by atoms with Crippen molar-refractivity contribution in [2.24, 2.45) is 0 Å². The van der Waals surface area contributed by atoms with E-state index < -0.39 is 0 Å². The summed E-state index contributed by atoms with van der Waals surface area (Å²) >= 11 is 0. The zero-order chi connectivity index (χ0) is 21.1. The van der Waals surface area contributed by atoms with Gasteiger partial charge in [-0.25, -0.2) is 0 Å². The van der Waals surface area contributed by atoms with Gasteiger partial charge in [0, 0.05) is 24.3 Å². The molecule has 4 rings (SSSR count). The van der Waals surface area contributed by atoms with Crippen LogP contribution in [0, 0.1) is 0 Å². The Morgan fingerprint density at radius 2 is 1.40 bits per heavy atom. The van der Waals surface area contributed by atoms with E-state index in [0.717, 1.165) is 0 Å². The third-order valence-electron chi connectivity index (χ3n) is 5.08. The van der Waals surface area contributed by atoms with Crippen molar-refractivity contribution in [1.29, 1.82) is 0 Å².